The smallest absolute Gasteiger partial charge is 0.228 e. The molecule has 0 saturated carbocycles. The van der Waals surface area contributed by atoms with Gasteiger partial charge in [-0.1, -0.05) is 16.8 Å². The zero-order chi connectivity index (χ0) is 17.4. The van der Waals surface area contributed by atoms with E-state index in [9.17, 15) is 0 Å². The Hall–Kier alpha value is -2.28. The average molecular weight is 352 g/mol. The molecule has 0 aliphatic carbocycles. The Balaban J connectivity index is 1.70. The van der Waals surface area contributed by atoms with Crippen molar-refractivity contribution in [1.82, 2.24) is 20.4 Å². The van der Waals surface area contributed by atoms with Gasteiger partial charge in [-0.3, -0.25) is 4.99 Å². The van der Waals surface area contributed by atoms with Crippen LogP contribution in [-0.2, 0) is 6.42 Å². The molecule has 8 heteroatoms. The molecule has 0 atom stereocenters. The van der Waals surface area contributed by atoms with Crippen LogP contribution in [0.5, 0.6) is 5.75 Å². The summed E-state index contributed by atoms with van der Waals surface area (Å²) in [6.45, 7) is 3.70. The number of guanidine groups is 1. The highest BCUT2D eigenvalue weighted by molar-refractivity contribution is 6.30. The van der Waals surface area contributed by atoms with Crippen molar-refractivity contribution in [3.63, 3.8) is 0 Å². The predicted molar refractivity (Wildman–Crippen MR) is 93.7 cm³/mol. The van der Waals surface area contributed by atoms with Crippen molar-refractivity contribution in [2.24, 2.45) is 4.99 Å². The lowest BCUT2D eigenvalue weighted by atomic mass is 10.3. The van der Waals surface area contributed by atoms with E-state index >= 15 is 0 Å². The number of benzene rings is 1. The largest absolute Gasteiger partial charge is 0.492 e. The Bertz CT molecular complexity index is 657. The van der Waals surface area contributed by atoms with Crippen LogP contribution >= 0.6 is 11.6 Å². The Morgan fingerprint density at radius 2 is 2.12 bits per heavy atom. The molecule has 0 unspecified atom stereocenters. The molecule has 1 heterocycles. The van der Waals surface area contributed by atoms with E-state index in [-0.39, 0.29) is 0 Å². The fraction of sp³-hybridized carbons (Fsp3) is 0.438. The standard InChI is InChI=1S/C16H22ClN5O2/c1-12-20-15(24-21-12)8-9-19-16(18-2)22(3)10-11-23-14-6-4-13(17)5-7-14/h4-7H,8-11H2,1-3H3,(H,18,19). The minimum Gasteiger partial charge on any atom is -0.492 e. The number of hydrogen-bond donors (Lipinski definition) is 1. The second kappa shape index (κ2) is 9.12. The third-order valence-electron chi connectivity index (χ3n) is 3.27. The van der Waals surface area contributed by atoms with Crippen LogP contribution in [0.1, 0.15) is 11.7 Å². The molecule has 0 aliphatic rings. The molecule has 0 spiro atoms. The molecule has 24 heavy (non-hydrogen) atoms. The first-order valence-corrected chi connectivity index (χ1v) is 8.05. The molecule has 130 valence electrons. The van der Waals surface area contributed by atoms with Gasteiger partial charge in [0, 0.05) is 32.1 Å². The van der Waals surface area contributed by atoms with Crippen molar-refractivity contribution >= 4 is 17.6 Å². The Morgan fingerprint density at radius 1 is 1.38 bits per heavy atom. The first-order chi connectivity index (χ1) is 11.6. The molecule has 2 rings (SSSR count). The minimum atomic E-state index is 0.543. The van der Waals surface area contributed by atoms with Gasteiger partial charge in [0.2, 0.25) is 5.89 Å². The van der Waals surface area contributed by atoms with Gasteiger partial charge >= 0.3 is 0 Å². The van der Waals surface area contributed by atoms with Gasteiger partial charge in [-0.25, -0.2) is 0 Å². The summed E-state index contributed by atoms with van der Waals surface area (Å²) in [5.41, 5.74) is 0. The molecule has 0 saturated heterocycles. The number of aliphatic imine (C=N–C) groups is 1. The molecule has 0 aliphatic heterocycles. The quantitative estimate of drug-likeness (QED) is 0.608. The summed E-state index contributed by atoms with van der Waals surface area (Å²) in [4.78, 5) is 10.4. The molecule has 0 radical (unpaired) electrons. The van der Waals surface area contributed by atoms with Gasteiger partial charge in [-0.15, -0.1) is 0 Å². The van der Waals surface area contributed by atoms with E-state index < -0.39 is 0 Å². The summed E-state index contributed by atoms with van der Waals surface area (Å²) in [5, 5.41) is 7.72. The number of halogens is 1. The van der Waals surface area contributed by atoms with Crippen LogP contribution in [0, 0.1) is 6.92 Å². The van der Waals surface area contributed by atoms with E-state index in [4.69, 9.17) is 20.9 Å². The van der Waals surface area contributed by atoms with Crippen LogP contribution in [0.15, 0.2) is 33.8 Å². The fourth-order valence-corrected chi connectivity index (χ4v) is 2.17. The van der Waals surface area contributed by atoms with E-state index in [0.29, 0.717) is 42.9 Å². The van der Waals surface area contributed by atoms with Gasteiger partial charge in [-0.2, -0.15) is 4.98 Å². The predicted octanol–water partition coefficient (Wildman–Crippen LogP) is 2.16. The number of aromatic nitrogens is 2. The lowest BCUT2D eigenvalue weighted by Gasteiger charge is -2.21. The van der Waals surface area contributed by atoms with E-state index in [0.717, 1.165) is 11.7 Å². The van der Waals surface area contributed by atoms with E-state index in [2.05, 4.69) is 20.4 Å². The first kappa shape index (κ1) is 18.1. The molecule has 7 nitrogen and oxygen atoms in total. The molecule has 1 aromatic heterocycles. The van der Waals surface area contributed by atoms with Crippen molar-refractivity contribution in [1.29, 1.82) is 0 Å². The monoisotopic (exact) mass is 351 g/mol. The van der Waals surface area contributed by atoms with Gasteiger partial charge in [0.1, 0.15) is 12.4 Å². The van der Waals surface area contributed by atoms with Gasteiger partial charge in [0.15, 0.2) is 11.8 Å². The summed E-state index contributed by atoms with van der Waals surface area (Å²) in [6, 6.07) is 7.31. The van der Waals surface area contributed by atoms with Crippen LogP contribution in [-0.4, -0.2) is 54.8 Å². The molecule has 0 bridgehead atoms. The fourth-order valence-electron chi connectivity index (χ4n) is 2.04. The number of nitrogens with zero attached hydrogens (tertiary/aromatic N) is 4. The third kappa shape index (κ3) is 5.73. The lowest BCUT2D eigenvalue weighted by Crippen LogP contribution is -2.41. The van der Waals surface area contributed by atoms with Crippen molar-refractivity contribution < 1.29 is 9.26 Å². The second-order valence-electron chi connectivity index (χ2n) is 5.18. The summed E-state index contributed by atoms with van der Waals surface area (Å²) in [7, 11) is 3.70. The zero-order valence-electron chi connectivity index (χ0n) is 14.1. The van der Waals surface area contributed by atoms with Crippen LogP contribution in [0.2, 0.25) is 5.02 Å². The SMILES string of the molecule is CN=C(NCCc1nc(C)no1)N(C)CCOc1ccc(Cl)cc1. The number of ether oxygens (including phenoxy) is 1. The highest BCUT2D eigenvalue weighted by atomic mass is 35.5. The van der Waals surface area contributed by atoms with Crippen LogP contribution < -0.4 is 10.1 Å². The van der Waals surface area contributed by atoms with Crippen molar-refractivity contribution in [3.8, 4) is 5.75 Å². The third-order valence-corrected chi connectivity index (χ3v) is 3.53. The number of rotatable bonds is 7. The maximum Gasteiger partial charge on any atom is 0.228 e. The molecular formula is C16H22ClN5O2. The Morgan fingerprint density at radius 3 is 2.75 bits per heavy atom. The van der Waals surface area contributed by atoms with Crippen molar-refractivity contribution in [2.45, 2.75) is 13.3 Å². The van der Waals surface area contributed by atoms with Crippen molar-refractivity contribution in [2.75, 3.05) is 33.8 Å². The van der Waals surface area contributed by atoms with Gasteiger partial charge in [0.25, 0.3) is 0 Å². The number of nitrogens with one attached hydrogen (secondary N) is 1. The van der Waals surface area contributed by atoms with Crippen LogP contribution in [0.25, 0.3) is 0 Å². The highest BCUT2D eigenvalue weighted by Crippen LogP contribution is 2.15. The van der Waals surface area contributed by atoms with Crippen molar-refractivity contribution in [3.05, 3.63) is 41.0 Å². The maximum absolute atomic E-state index is 5.85. The van der Waals surface area contributed by atoms with Crippen LogP contribution in [0.4, 0.5) is 0 Å². The van der Waals surface area contributed by atoms with E-state index in [1.807, 2.05) is 24.1 Å². The van der Waals surface area contributed by atoms with E-state index in [1.54, 1.807) is 26.1 Å². The van der Waals surface area contributed by atoms with Gasteiger partial charge in [-0.05, 0) is 31.2 Å². The molecule has 2 aromatic rings. The molecular weight excluding hydrogens is 330 g/mol. The molecule has 0 fully saturated rings. The minimum absolute atomic E-state index is 0.543. The number of likely N-dealkylation sites (N-methyl/N-ethyl adjacent to an activating group) is 1. The average Bonchev–Trinajstić information content (AvgIpc) is 2.98. The topological polar surface area (TPSA) is 75.8 Å². The molecule has 1 N–H and O–H groups in total. The zero-order valence-corrected chi connectivity index (χ0v) is 14.9. The van der Waals surface area contributed by atoms with Gasteiger partial charge < -0.3 is 19.5 Å². The summed E-state index contributed by atoms with van der Waals surface area (Å²) in [5.74, 6) is 2.84. The number of aryl methyl sites for hydroxylation is 1. The second-order valence-corrected chi connectivity index (χ2v) is 5.62. The number of hydrogen-bond acceptors (Lipinski definition) is 5. The Labute approximate surface area is 146 Å². The summed E-state index contributed by atoms with van der Waals surface area (Å²) in [6.07, 6.45) is 0.648. The first-order valence-electron chi connectivity index (χ1n) is 7.68. The van der Waals surface area contributed by atoms with Gasteiger partial charge in [0.05, 0.1) is 6.54 Å². The summed E-state index contributed by atoms with van der Waals surface area (Å²) >= 11 is 5.85. The van der Waals surface area contributed by atoms with Crippen LogP contribution in [0.3, 0.4) is 0 Å². The maximum atomic E-state index is 5.85. The normalized spacial score (nSPS) is 11.4. The highest BCUT2D eigenvalue weighted by Gasteiger charge is 2.07. The molecule has 0 amide bonds. The molecule has 1 aromatic carbocycles. The summed E-state index contributed by atoms with van der Waals surface area (Å²) < 4.78 is 10.8. The van der Waals surface area contributed by atoms with E-state index in [1.165, 1.54) is 0 Å². The Kier molecular flexibility index (Phi) is 6.87. The lowest BCUT2D eigenvalue weighted by molar-refractivity contribution is 0.281.